The zero-order valence-corrected chi connectivity index (χ0v) is 29.4. The lowest BCUT2D eigenvalue weighted by molar-refractivity contribution is -0.0694. The Morgan fingerprint density at radius 3 is 1.38 bits per heavy atom. The maximum Gasteiger partial charge on any atom is 0.192 e. The van der Waals surface area contributed by atoms with Crippen molar-refractivity contribution in [1.29, 1.82) is 0 Å². The Morgan fingerprint density at radius 1 is 0.619 bits per heavy atom. The van der Waals surface area contributed by atoms with E-state index >= 15 is 0 Å². The van der Waals surface area contributed by atoms with Crippen LogP contribution >= 0.6 is 0 Å². The molecule has 1 aliphatic rings. The first-order valence-electron chi connectivity index (χ1n) is 15.4. The molecule has 0 N–H and O–H groups in total. The summed E-state index contributed by atoms with van der Waals surface area (Å²) in [5, 5.41) is 0.149. The molecule has 228 valence electrons. The van der Waals surface area contributed by atoms with Gasteiger partial charge in [0.05, 0.1) is 19.3 Å². The Labute approximate surface area is 257 Å². The molecule has 6 heteroatoms. The van der Waals surface area contributed by atoms with Crippen molar-refractivity contribution in [3.8, 4) is 0 Å². The van der Waals surface area contributed by atoms with Crippen LogP contribution < -0.4 is 0 Å². The minimum absolute atomic E-state index is 0.0599. The minimum atomic E-state index is -2.14. The van der Waals surface area contributed by atoms with E-state index in [1.165, 1.54) is 0 Å². The first kappa shape index (κ1) is 32.8. The molecular formula is C36H52O4Si2. The molecule has 3 aromatic carbocycles. The maximum atomic E-state index is 7.21. The number of hydrogen-bond acceptors (Lipinski definition) is 4. The van der Waals surface area contributed by atoms with Gasteiger partial charge in [0.1, 0.15) is 17.8 Å². The predicted octanol–water partition coefficient (Wildman–Crippen LogP) is 9.17. The van der Waals surface area contributed by atoms with E-state index in [0.29, 0.717) is 13.2 Å². The van der Waals surface area contributed by atoms with Crippen LogP contribution in [0.5, 0.6) is 0 Å². The van der Waals surface area contributed by atoms with Crippen LogP contribution in [0.15, 0.2) is 91.0 Å². The third kappa shape index (κ3) is 6.85. The molecule has 3 atom stereocenters. The minimum Gasteiger partial charge on any atom is -0.409 e. The zero-order chi connectivity index (χ0) is 30.8. The van der Waals surface area contributed by atoms with Gasteiger partial charge in [0.2, 0.25) is 0 Å². The highest BCUT2D eigenvalue weighted by atomic mass is 28.4. The van der Waals surface area contributed by atoms with E-state index in [-0.39, 0.29) is 28.4 Å². The van der Waals surface area contributed by atoms with Crippen LogP contribution in [0.25, 0.3) is 0 Å². The van der Waals surface area contributed by atoms with Crippen molar-refractivity contribution in [3.63, 3.8) is 0 Å². The number of ether oxygens (including phenoxy) is 2. The topological polar surface area (TPSA) is 36.9 Å². The van der Waals surface area contributed by atoms with Crippen LogP contribution in [0, 0.1) is 0 Å². The van der Waals surface area contributed by atoms with Gasteiger partial charge in [0, 0.05) is 0 Å². The molecule has 0 bridgehead atoms. The number of rotatable bonds is 10. The lowest BCUT2D eigenvalue weighted by atomic mass is 9.80. The highest BCUT2D eigenvalue weighted by molar-refractivity contribution is 6.74. The van der Waals surface area contributed by atoms with Gasteiger partial charge in [-0.05, 0) is 53.0 Å². The Bertz CT molecular complexity index is 1170. The fraction of sp³-hybridized carbons (Fsp3) is 0.500. The molecule has 0 spiro atoms. The molecule has 1 fully saturated rings. The smallest absolute Gasteiger partial charge is 0.192 e. The highest BCUT2D eigenvalue weighted by Gasteiger charge is 2.50. The van der Waals surface area contributed by atoms with E-state index < -0.39 is 22.2 Å². The fourth-order valence-corrected chi connectivity index (χ4v) is 7.74. The average molecular weight is 605 g/mol. The van der Waals surface area contributed by atoms with Crippen LogP contribution in [-0.2, 0) is 23.9 Å². The number of hydrogen-bond donors (Lipinski definition) is 0. The van der Waals surface area contributed by atoms with Gasteiger partial charge >= 0.3 is 0 Å². The summed E-state index contributed by atoms with van der Waals surface area (Å²) >= 11 is 0. The van der Waals surface area contributed by atoms with Crippen LogP contribution in [0.1, 0.15) is 58.2 Å². The zero-order valence-electron chi connectivity index (χ0n) is 27.4. The summed E-state index contributed by atoms with van der Waals surface area (Å²) in [4.78, 5) is 0. The Kier molecular flexibility index (Phi) is 9.78. The SMILES string of the molecule is CC(C)(C)[Si](C)(C)O[C@H]1[C@H](COC(c2ccccc2)(c2ccccc2)c2ccccc2)OC[C@@H]1O[Si](C)(C)C(C)(C)C. The second-order valence-electron chi connectivity index (χ2n) is 14.7. The lowest BCUT2D eigenvalue weighted by Crippen LogP contribution is -2.53. The standard InChI is InChI=1S/C36H52O4Si2/c1-34(2,3)41(7,8)39-32-26-37-31(33(32)40-42(9,10)35(4,5)6)27-38-36(28-20-14-11-15-21-28,29-22-16-12-17-23-29)30-24-18-13-19-25-30/h11-25,31-33H,26-27H2,1-10H3/t31-,32-,33-/m0/s1. The van der Waals surface area contributed by atoms with Crippen molar-refractivity contribution in [3.05, 3.63) is 108 Å². The van der Waals surface area contributed by atoms with Gasteiger partial charge in [-0.3, -0.25) is 0 Å². The molecule has 42 heavy (non-hydrogen) atoms. The second-order valence-corrected chi connectivity index (χ2v) is 24.2. The molecule has 0 aromatic heterocycles. The summed E-state index contributed by atoms with van der Waals surface area (Å²) < 4.78 is 27.9. The van der Waals surface area contributed by atoms with Crippen molar-refractivity contribution in [2.75, 3.05) is 13.2 Å². The van der Waals surface area contributed by atoms with E-state index in [1.54, 1.807) is 0 Å². The summed E-state index contributed by atoms with van der Waals surface area (Å²) in [6.45, 7) is 23.8. The van der Waals surface area contributed by atoms with Gasteiger partial charge in [0.25, 0.3) is 0 Å². The van der Waals surface area contributed by atoms with E-state index in [4.69, 9.17) is 18.3 Å². The fourth-order valence-electron chi connectivity index (χ4n) is 5.09. The van der Waals surface area contributed by atoms with Gasteiger partial charge in [-0.1, -0.05) is 133 Å². The maximum absolute atomic E-state index is 7.21. The van der Waals surface area contributed by atoms with Crippen LogP contribution in [-0.4, -0.2) is 48.2 Å². The van der Waals surface area contributed by atoms with Gasteiger partial charge in [-0.2, -0.15) is 0 Å². The third-order valence-corrected chi connectivity index (χ3v) is 18.7. The van der Waals surface area contributed by atoms with E-state index in [9.17, 15) is 0 Å². The predicted molar refractivity (Wildman–Crippen MR) is 179 cm³/mol. The van der Waals surface area contributed by atoms with Crippen LogP contribution in [0.3, 0.4) is 0 Å². The second kappa shape index (κ2) is 12.5. The molecule has 0 aliphatic carbocycles. The van der Waals surface area contributed by atoms with Crippen molar-refractivity contribution in [1.82, 2.24) is 0 Å². The van der Waals surface area contributed by atoms with Crippen LogP contribution in [0.4, 0.5) is 0 Å². The Hall–Kier alpha value is -2.07. The molecule has 3 aromatic rings. The molecule has 1 aliphatic heterocycles. The molecule has 0 radical (unpaired) electrons. The average Bonchev–Trinajstić information content (AvgIpc) is 3.29. The van der Waals surface area contributed by atoms with Gasteiger partial charge in [0.15, 0.2) is 16.6 Å². The van der Waals surface area contributed by atoms with Crippen molar-refractivity contribution in [2.24, 2.45) is 0 Å². The molecule has 4 rings (SSSR count). The third-order valence-electron chi connectivity index (χ3n) is 9.70. The molecule has 0 unspecified atom stereocenters. The summed E-state index contributed by atoms with van der Waals surface area (Å²) in [6, 6.07) is 31.6. The normalized spacial score (nSPS) is 20.6. The van der Waals surface area contributed by atoms with E-state index in [2.05, 4.69) is 159 Å². The largest absolute Gasteiger partial charge is 0.409 e. The molecule has 4 nitrogen and oxygen atoms in total. The molecule has 0 saturated carbocycles. The highest BCUT2D eigenvalue weighted by Crippen LogP contribution is 2.44. The van der Waals surface area contributed by atoms with Gasteiger partial charge in [-0.25, -0.2) is 0 Å². The molecule has 1 saturated heterocycles. The molecule has 1 heterocycles. The quantitative estimate of drug-likeness (QED) is 0.171. The molecule has 0 amide bonds. The van der Waals surface area contributed by atoms with Gasteiger partial charge in [-0.15, -0.1) is 0 Å². The lowest BCUT2D eigenvalue weighted by Gasteiger charge is -2.44. The Balaban J connectivity index is 1.75. The number of benzene rings is 3. The van der Waals surface area contributed by atoms with Crippen molar-refractivity contribution in [2.45, 2.75) is 102 Å². The van der Waals surface area contributed by atoms with E-state index in [0.717, 1.165) is 16.7 Å². The van der Waals surface area contributed by atoms with Gasteiger partial charge < -0.3 is 18.3 Å². The summed E-state index contributed by atoms with van der Waals surface area (Å²) in [5.41, 5.74) is 2.43. The first-order valence-corrected chi connectivity index (χ1v) is 21.2. The molecular weight excluding hydrogens is 553 g/mol. The Morgan fingerprint density at radius 2 is 1.00 bits per heavy atom. The van der Waals surface area contributed by atoms with Crippen molar-refractivity contribution < 1.29 is 18.3 Å². The van der Waals surface area contributed by atoms with Crippen LogP contribution in [0.2, 0.25) is 36.3 Å². The summed E-state index contributed by atoms with van der Waals surface area (Å²) in [6.07, 6.45) is -0.599. The summed E-state index contributed by atoms with van der Waals surface area (Å²) in [5.74, 6) is 0. The van der Waals surface area contributed by atoms with E-state index in [1.807, 2.05) is 0 Å². The summed E-state index contributed by atoms with van der Waals surface area (Å²) in [7, 11) is -4.21. The first-order chi connectivity index (χ1) is 19.6. The van der Waals surface area contributed by atoms with Crippen molar-refractivity contribution >= 4 is 16.6 Å². The monoisotopic (exact) mass is 604 g/mol.